The van der Waals surface area contributed by atoms with Crippen LogP contribution in [0.4, 0.5) is 24.8 Å². The molecule has 11 nitrogen and oxygen atoms in total. The lowest BCUT2D eigenvalue weighted by Gasteiger charge is -2.30. The van der Waals surface area contributed by atoms with Gasteiger partial charge in [0.25, 0.3) is 5.91 Å². The maximum Gasteiger partial charge on any atom is 0.416 e. The summed E-state index contributed by atoms with van der Waals surface area (Å²) < 4.78 is 53.0. The van der Waals surface area contributed by atoms with E-state index in [-0.39, 0.29) is 29.4 Å². The molecule has 1 fully saturated rings. The molecule has 298 valence electrons. The number of nitrogens with one attached hydrogen (secondary N) is 3. The van der Waals surface area contributed by atoms with E-state index >= 15 is 0 Å². The van der Waals surface area contributed by atoms with Gasteiger partial charge in [0.2, 0.25) is 5.91 Å². The number of aromatic nitrogens is 4. The summed E-state index contributed by atoms with van der Waals surface area (Å²) in [6.45, 7) is 8.12. The number of hydrogen-bond acceptors (Lipinski definition) is 8. The van der Waals surface area contributed by atoms with Crippen LogP contribution in [-0.2, 0) is 23.9 Å². The molecular formula is C43H46F3N7O4. The maximum atomic E-state index is 13.3. The molecule has 1 saturated carbocycles. The Balaban J connectivity index is 1.38. The molecule has 0 aliphatic heterocycles. The Bertz CT molecular complexity index is 2240. The Hall–Kier alpha value is -6.18. The van der Waals surface area contributed by atoms with Gasteiger partial charge in [-0.25, -0.2) is 9.97 Å². The van der Waals surface area contributed by atoms with Gasteiger partial charge in [-0.05, 0) is 81.3 Å². The van der Waals surface area contributed by atoms with Crippen LogP contribution in [0.15, 0.2) is 92.3 Å². The van der Waals surface area contributed by atoms with Crippen LogP contribution in [0.5, 0.6) is 11.5 Å². The second-order valence-corrected chi connectivity index (χ2v) is 13.9. The Morgan fingerprint density at radius 2 is 1.79 bits per heavy atom. The molecule has 0 spiro atoms. The summed E-state index contributed by atoms with van der Waals surface area (Å²) in [5.74, 6) is 1.08. The van der Waals surface area contributed by atoms with Crippen LogP contribution in [0.1, 0.15) is 78.0 Å². The Morgan fingerprint density at radius 1 is 0.982 bits per heavy atom. The van der Waals surface area contributed by atoms with Crippen molar-refractivity contribution in [2.75, 3.05) is 24.9 Å². The fraction of sp³-hybridized carbons (Fsp3) is 0.326. The molecule has 3 N–H and O–H groups in total. The largest absolute Gasteiger partial charge is 0.497 e. The third-order valence-corrected chi connectivity index (χ3v) is 10.0. The first-order valence-electron chi connectivity index (χ1n) is 18.8. The van der Waals surface area contributed by atoms with E-state index in [1.807, 2.05) is 36.5 Å². The molecule has 0 unspecified atom stereocenters. The fourth-order valence-electron chi connectivity index (χ4n) is 7.18. The van der Waals surface area contributed by atoms with E-state index in [0.29, 0.717) is 54.4 Å². The lowest BCUT2D eigenvalue weighted by Crippen LogP contribution is -2.39. The van der Waals surface area contributed by atoms with E-state index in [9.17, 15) is 22.8 Å². The fourth-order valence-corrected chi connectivity index (χ4v) is 7.18. The number of nitrogens with zero attached hydrogens (tertiary/aromatic N) is 4. The van der Waals surface area contributed by atoms with Gasteiger partial charge in [-0.2, -0.15) is 18.3 Å². The summed E-state index contributed by atoms with van der Waals surface area (Å²) in [4.78, 5) is 34.8. The first kappa shape index (κ1) is 40.5. The Kier molecular flexibility index (Phi) is 12.9. The molecule has 3 heterocycles. The lowest BCUT2D eigenvalue weighted by atomic mass is 9.90. The number of carbonyl (C=O) groups is 2. The number of rotatable bonds is 16. The van der Waals surface area contributed by atoms with Gasteiger partial charge < -0.3 is 25.4 Å². The molecule has 2 atom stereocenters. The highest BCUT2D eigenvalue weighted by molar-refractivity contribution is 6.05. The minimum absolute atomic E-state index is 0.0170. The molecule has 2 amide bonds. The zero-order valence-electron chi connectivity index (χ0n) is 32.0. The smallest absolute Gasteiger partial charge is 0.416 e. The van der Waals surface area contributed by atoms with Crippen LogP contribution in [0.25, 0.3) is 22.2 Å². The van der Waals surface area contributed by atoms with Crippen LogP contribution in [0, 0.1) is 0 Å². The van der Waals surface area contributed by atoms with Gasteiger partial charge in [-0.15, -0.1) is 13.2 Å². The highest BCUT2D eigenvalue weighted by atomic mass is 19.4. The summed E-state index contributed by atoms with van der Waals surface area (Å²) in [6, 6.07) is 13.9. The van der Waals surface area contributed by atoms with Gasteiger partial charge in [0, 0.05) is 59.7 Å². The number of fused-ring (bicyclic) bond motifs is 1. The summed E-state index contributed by atoms with van der Waals surface area (Å²) >= 11 is 0. The molecule has 5 aromatic rings. The molecule has 0 bridgehead atoms. The van der Waals surface area contributed by atoms with Crippen LogP contribution in [0.2, 0.25) is 0 Å². The summed E-state index contributed by atoms with van der Waals surface area (Å²) in [6.07, 6.45) is 7.69. The summed E-state index contributed by atoms with van der Waals surface area (Å²) in [5, 5.41) is 15.3. The van der Waals surface area contributed by atoms with E-state index in [1.54, 1.807) is 38.5 Å². The highest BCUT2D eigenvalue weighted by Gasteiger charge is 2.32. The van der Waals surface area contributed by atoms with Crippen molar-refractivity contribution in [1.82, 2.24) is 25.1 Å². The number of anilines is 2. The third kappa shape index (κ3) is 9.62. The number of amides is 2. The maximum absolute atomic E-state index is 13.3. The molecule has 2 aromatic carbocycles. The summed E-state index contributed by atoms with van der Waals surface area (Å²) in [7, 11) is 3.19. The molecule has 57 heavy (non-hydrogen) atoms. The number of hydrogen-bond donors (Lipinski definition) is 3. The number of methoxy groups -OCH3 is 2. The van der Waals surface area contributed by atoms with E-state index in [2.05, 4.69) is 38.8 Å². The molecule has 1 aliphatic carbocycles. The molecular weight excluding hydrogens is 736 g/mol. The minimum atomic E-state index is -4.58. The van der Waals surface area contributed by atoms with Crippen molar-refractivity contribution in [1.29, 1.82) is 0 Å². The first-order chi connectivity index (χ1) is 27.5. The predicted octanol–water partition coefficient (Wildman–Crippen LogP) is 9.08. The van der Waals surface area contributed by atoms with Crippen LogP contribution >= 0.6 is 0 Å². The van der Waals surface area contributed by atoms with Crippen molar-refractivity contribution in [2.45, 2.75) is 76.2 Å². The van der Waals surface area contributed by atoms with Crippen LogP contribution in [-0.4, -0.2) is 51.8 Å². The monoisotopic (exact) mass is 781 g/mol. The number of ether oxygens (including phenoxy) is 2. The van der Waals surface area contributed by atoms with Gasteiger partial charge in [-0.3, -0.25) is 14.3 Å². The van der Waals surface area contributed by atoms with Gasteiger partial charge in [-0.1, -0.05) is 24.3 Å². The quantitative estimate of drug-likeness (QED) is 0.0668. The molecule has 3 aromatic heterocycles. The molecule has 14 heteroatoms. The number of unbranched alkanes of at least 4 members (excludes halogenated alkanes) is 1. The van der Waals surface area contributed by atoms with E-state index in [1.165, 1.54) is 0 Å². The average Bonchev–Trinajstić information content (AvgIpc) is 3.62. The molecule has 6 rings (SSSR count). The van der Waals surface area contributed by atoms with Crippen molar-refractivity contribution in [2.24, 2.45) is 0 Å². The molecule has 1 aliphatic rings. The standard InChI is InChI=1S/C43H46F3N7O4/c1-5-7-8-13-37(54)50-32-11-9-12-33(23-32)53-40-30(10-6-2)26-49-41(48-25-29-18-19-34(56-3)24-35(29)57-4)38(40)39(52-53)27-14-16-28(17-15-27)42(55)51-36-22-31(20-21-47-36)43(44,45)46/h5-6,14-22,24,26,32-33H,1-2,7-13,23,25H2,3-4H3,(H,48,49)(H,50,54)(H,47,51,55)/t32-,33-/m1/s1. The zero-order chi connectivity index (χ0) is 40.5. The topological polar surface area (TPSA) is 132 Å². The summed E-state index contributed by atoms with van der Waals surface area (Å²) in [5.41, 5.74) is 3.29. The van der Waals surface area contributed by atoms with Crippen LogP contribution in [0.3, 0.4) is 0 Å². The normalized spacial score (nSPS) is 15.5. The van der Waals surface area contributed by atoms with Crippen LogP contribution < -0.4 is 25.4 Å². The number of carbonyl (C=O) groups excluding carboxylic acids is 2. The van der Waals surface area contributed by atoms with Gasteiger partial charge in [0.05, 0.1) is 36.7 Å². The first-order valence-corrected chi connectivity index (χ1v) is 18.8. The predicted molar refractivity (Wildman–Crippen MR) is 214 cm³/mol. The zero-order valence-corrected chi connectivity index (χ0v) is 32.0. The van der Waals surface area contributed by atoms with Crippen molar-refractivity contribution in [3.8, 4) is 22.8 Å². The number of alkyl halides is 3. The SMILES string of the molecule is C=CCCCC(=O)N[C@@H]1CCC[C@@H](n2nc(-c3ccc(C(=O)Nc4cc(C(F)(F)F)ccn4)cc3)c3c(NCc4ccc(OC)cc4OC)ncc(CC=C)c32)C1. The van der Waals surface area contributed by atoms with Gasteiger partial charge in [0.1, 0.15) is 28.8 Å². The lowest BCUT2D eigenvalue weighted by molar-refractivity contribution is -0.137. The number of allylic oxidation sites excluding steroid dienone is 2. The number of halogens is 3. The van der Waals surface area contributed by atoms with Crippen molar-refractivity contribution < 1.29 is 32.2 Å². The van der Waals surface area contributed by atoms with E-state index in [4.69, 9.17) is 19.6 Å². The van der Waals surface area contributed by atoms with E-state index < -0.39 is 17.6 Å². The third-order valence-electron chi connectivity index (χ3n) is 10.0. The minimum Gasteiger partial charge on any atom is -0.497 e. The van der Waals surface area contributed by atoms with Crippen molar-refractivity contribution in [3.05, 3.63) is 115 Å². The second-order valence-electron chi connectivity index (χ2n) is 13.9. The van der Waals surface area contributed by atoms with E-state index in [0.717, 1.165) is 72.5 Å². The Labute approximate surface area is 329 Å². The highest BCUT2D eigenvalue weighted by Crippen LogP contribution is 2.40. The van der Waals surface area contributed by atoms with Gasteiger partial charge in [0.15, 0.2) is 0 Å². The van der Waals surface area contributed by atoms with Gasteiger partial charge >= 0.3 is 6.18 Å². The van der Waals surface area contributed by atoms with Crippen molar-refractivity contribution in [3.63, 3.8) is 0 Å². The number of pyridine rings is 2. The molecule has 0 radical (unpaired) electrons. The average molecular weight is 782 g/mol. The Morgan fingerprint density at radius 3 is 2.51 bits per heavy atom. The number of benzene rings is 2. The van der Waals surface area contributed by atoms with Crippen molar-refractivity contribution >= 4 is 34.4 Å². The molecule has 0 saturated heterocycles. The second kappa shape index (κ2) is 18.2.